The first kappa shape index (κ1) is 16.4. The smallest absolute Gasteiger partial charge is 0.235 e. The van der Waals surface area contributed by atoms with E-state index in [4.69, 9.17) is 0 Å². The van der Waals surface area contributed by atoms with Crippen molar-refractivity contribution in [2.45, 2.75) is 56.3 Å². The van der Waals surface area contributed by atoms with E-state index in [1.807, 2.05) is 30.0 Å². The molecule has 0 bridgehead atoms. The van der Waals surface area contributed by atoms with Crippen molar-refractivity contribution in [2.75, 3.05) is 6.54 Å². The monoisotopic (exact) mass is 307 g/mol. The maximum atomic E-state index is 12.6. The molecule has 1 fully saturated rings. The van der Waals surface area contributed by atoms with Crippen LogP contribution in [-0.2, 0) is 10.5 Å². The van der Waals surface area contributed by atoms with Gasteiger partial charge in [-0.05, 0) is 38.7 Å². The van der Waals surface area contributed by atoms with Gasteiger partial charge in [-0.25, -0.2) is 0 Å². The van der Waals surface area contributed by atoms with E-state index in [2.05, 4.69) is 12.1 Å². The van der Waals surface area contributed by atoms with Gasteiger partial charge in [-0.1, -0.05) is 30.3 Å². The van der Waals surface area contributed by atoms with Gasteiger partial charge >= 0.3 is 0 Å². The van der Waals surface area contributed by atoms with E-state index in [1.54, 1.807) is 18.7 Å². The first-order chi connectivity index (χ1) is 10.1. The Morgan fingerprint density at radius 2 is 2.10 bits per heavy atom. The van der Waals surface area contributed by atoms with Gasteiger partial charge < -0.3 is 10.0 Å². The molecule has 1 heterocycles. The molecule has 1 aromatic rings. The van der Waals surface area contributed by atoms with Gasteiger partial charge in [0.2, 0.25) is 5.91 Å². The molecule has 3 nitrogen and oxygen atoms in total. The fourth-order valence-electron chi connectivity index (χ4n) is 2.86. The highest BCUT2D eigenvalue weighted by Gasteiger charge is 2.31. The molecule has 3 atom stereocenters. The number of nitrogens with zero attached hydrogens (tertiary/aromatic N) is 1. The maximum absolute atomic E-state index is 12.6. The van der Waals surface area contributed by atoms with Gasteiger partial charge in [0.05, 0.1) is 11.4 Å². The van der Waals surface area contributed by atoms with Crippen LogP contribution in [0.25, 0.3) is 0 Å². The van der Waals surface area contributed by atoms with Gasteiger partial charge in [-0.3, -0.25) is 4.79 Å². The van der Waals surface area contributed by atoms with Crippen LogP contribution in [0.5, 0.6) is 0 Å². The maximum Gasteiger partial charge on any atom is 0.235 e. The molecule has 1 aliphatic rings. The lowest BCUT2D eigenvalue weighted by molar-refractivity contribution is -0.131. The minimum Gasteiger partial charge on any atom is -0.393 e. The molecule has 1 aromatic carbocycles. The molecule has 1 amide bonds. The van der Waals surface area contributed by atoms with Gasteiger partial charge in [0.1, 0.15) is 0 Å². The summed E-state index contributed by atoms with van der Waals surface area (Å²) in [5, 5.41) is 9.53. The van der Waals surface area contributed by atoms with Crippen LogP contribution in [0.1, 0.15) is 38.7 Å². The lowest BCUT2D eigenvalue weighted by atomic mass is 10.1. The Hall–Kier alpha value is -1.00. The van der Waals surface area contributed by atoms with E-state index in [0.29, 0.717) is 6.42 Å². The molecular weight excluding hydrogens is 282 g/mol. The Morgan fingerprint density at radius 3 is 2.76 bits per heavy atom. The summed E-state index contributed by atoms with van der Waals surface area (Å²) in [5.74, 6) is 1.09. The standard InChI is InChI=1S/C17H25NO2S/c1-13(19)11-16-9-6-10-18(16)17(20)14(2)21-12-15-7-4-3-5-8-15/h3-5,7-8,13-14,16,19H,6,9-12H2,1-2H3/t13-,14+,16+/m0/s1. The summed E-state index contributed by atoms with van der Waals surface area (Å²) < 4.78 is 0. The van der Waals surface area contributed by atoms with Crippen LogP contribution in [0, 0.1) is 0 Å². The summed E-state index contributed by atoms with van der Waals surface area (Å²) in [5.41, 5.74) is 1.25. The summed E-state index contributed by atoms with van der Waals surface area (Å²) >= 11 is 1.69. The minimum atomic E-state index is -0.337. The predicted molar refractivity (Wildman–Crippen MR) is 88.2 cm³/mol. The number of hydrogen-bond donors (Lipinski definition) is 1. The Balaban J connectivity index is 1.86. The molecule has 1 saturated heterocycles. The number of carbonyl (C=O) groups is 1. The summed E-state index contributed by atoms with van der Waals surface area (Å²) in [6.07, 6.45) is 2.43. The fraction of sp³-hybridized carbons (Fsp3) is 0.588. The molecule has 0 aliphatic carbocycles. The van der Waals surface area contributed by atoms with E-state index in [1.165, 1.54) is 5.56 Å². The molecule has 0 aromatic heterocycles. The third-order valence-corrected chi connectivity index (χ3v) is 5.17. The lowest BCUT2D eigenvalue weighted by Crippen LogP contribution is -2.41. The lowest BCUT2D eigenvalue weighted by Gasteiger charge is -2.28. The Bertz CT molecular complexity index is 449. The number of likely N-dealkylation sites (tertiary alicyclic amines) is 1. The Morgan fingerprint density at radius 1 is 1.38 bits per heavy atom. The van der Waals surface area contributed by atoms with Crippen LogP contribution in [-0.4, -0.2) is 39.9 Å². The topological polar surface area (TPSA) is 40.5 Å². The normalized spacial score (nSPS) is 21.3. The van der Waals surface area contributed by atoms with Crippen molar-refractivity contribution < 1.29 is 9.90 Å². The highest BCUT2D eigenvalue weighted by molar-refractivity contribution is 7.99. The second kappa shape index (κ2) is 7.85. The number of thioether (sulfide) groups is 1. The van der Waals surface area contributed by atoms with Crippen LogP contribution in [0.15, 0.2) is 30.3 Å². The third-order valence-electron chi connectivity index (χ3n) is 3.96. The van der Waals surface area contributed by atoms with Crippen molar-refractivity contribution in [1.82, 2.24) is 4.90 Å². The second-order valence-electron chi connectivity index (χ2n) is 5.85. The molecule has 116 valence electrons. The number of carbonyl (C=O) groups excluding carboxylic acids is 1. The van der Waals surface area contributed by atoms with E-state index < -0.39 is 0 Å². The number of aliphatic hydroxyl groups is 1. The molecule has 4 heteroatoms. The first-order valence-corrected chi connectivity index (χ1v) is 8.77. The van der Waals surface area contributed by atoms with Crippen LogP contribution in [0.2, 0.25) is 0 Å². The molecule has 21 heavy (non-hydrogen) atoms. The zero-order chi connectivity index (χ0) is 15.2. The summed E-state index contributed by atoms with van der Waals surface area (Å²) in [6, 6.07) is 10.5. The summed E-state index contributed by atoms with van der Waals surface area (Å²) in [4.78, 5) is 14.6. The summed E-state index contributed by atoms with van der Waals surface area (Å²) in [6.45, 7) is 4.63. The van der Waals surface area contributed by atoms with Gasteiger partial charge in [0.15, 0.2) is 0 Å². The van der Waals surface area contributed by atoms with Crippen LogP contribution >= 0.6 is 11.8 Å². The second-order valence-corrected chi connectivity index (χ2v) is 7.18. The van der Waals surface area contributed by atoms with Crippen molar-refractivity contribution in [2.24, 2.45) is 0 Å². The highest BCUT2D eigenvalue weighted by Crippen LogP contribution is 2.26. The van der Waals surface area contributed by atoms with Crippen LogP contribution in [0.4, 0.5) is 0 Å². The SMILES string of the molecule is C[C@H](O)C[C@H]1CCCN1C(=O)[C@@H](C)SCc1ccccc1. The van der Waals surface area contributed by atoms with Crippen LogP contribution < -0.4 is 0 Å². The van der Waals surface area contributed by atoms with Crippen molar-refractivity contribution in [3.63, 3.8) is 0 Å². The molecule has 0 spiro atoms. The molecule has 2 rings (SSSR count). The van der Waals surface area contributed by atoms with Crippen molar-refractivity contribution in [3.05, 3.63) is 35.9 Å². The molecule has 0 radical (unpaired) electrons. The molecule has 1 N–H and O–H groups in total. The predicted octanol–water partition coefficient (Wildman–Crippen LogP) is 3.07. The van der Waals surface area contributed by atoms with Crippen molar-refractivity contribution >= 4 is 17.7 Å². The zero-order valence-electron chi connectivity index (χ0n) is 12.9. The molecule has 0 saturated carbocycles. The van der Waals surface area contributed by atoms with Gasteiger partial charge in [0.25, 0.3) is 0 Å². The number of rotatable bonds is 6. The number of aliphatic hydroxyl groups excluding tert-OH is 1. The molecule has 1 aliphatic heterocycles. The van der Waals surface area contributed by atoms with E-state index >= 15 is 0 Å². The van der Waals surface area contributed by atoms with Gasteiger partial charge in [0, 0.05) is 18.3 Å². The summed E-state index contributed by atoms with van der Waals surface area (Å²) in [7, 11) is 0. The van der Waals surface area contributed by atoms with E-state index in [-0.39, 0.29) is 23.3 Å². The molecule has 0 unspecified atom stereocenters. The Kier molecular flexibility index (Phi) is 6.12. The van der Waals surface area contributed by atoms with E-state index in [0.717, 1.165) is 25.1 Å². The largest absolute Gasteiger partial charge is 0.393 e. The van der Waals surface area contributed by atoms with Gasteiger partial charge in [-0.2, -0.15) is 0 Å². The Labute approximate surface area is 131 Å². The third kappa shape index (κ3) is 4.75. The zero-order valence-corrected chi connectivity index (χ0v) is 13.7. The van der Waals surface area contributed by atoms with E-state index in [9.17, 15) is 9.90 Å². The van der Waals surface area contributed by atoms with Gasteiger partial charge in [-0.15, -0.1) is 11.8 Å². The first-order valence-electron chi connectivity index (χ1n) is 7.72. The number of amides is 1. The van der Waals surface area contributed by atoms with Crippen molar-refractivity contribution in [3.8, 4) is 0 Å². The average molecular weight is 307 g/mol. The highest BCUT2D eigenvalue weighted by atomic mass is 32.2. The quantitative estimate of drug-likeness (QED) is 0.878. The molecular formula is C17H25NO2S. The fourth-order valence-corrected chi connectivity index (χ4v) is 3.78. The van der Waals surface area contributed by atoms with Crippen molar-refractivity contribution in [1.29, 1.82) is 0 Å². The number of hydrogen-bond acceptors (Lipinski definition) is 3. The number of benzene rings is 1. The minimum absolute atomic E-state index is 0.0280. The average Bonchev–Trinajstić information content (AvgIpc) is 2.92. The van der Waals surface area contributed by atoms with Crippen LogP contribution in [0.3, 0.4) is 0 Å².